The molecular weight excluding hydrogens is 126 g/mol. The smallest absolute Gasteiger partial charge is 0.206 e. The summed E-state index contributed by atoms with van der Waals surface area (Å²) in [6, 6.07) is 7.61. The van der Waals surface area contributed by atoms with E-state index in [2.05, 4.69) is 6.20 Å². The zero-order valence-electron chi connectivity index (χ0n) is 5.29. The lowest BCUT2D eigenvalue weighted by atomic mass is 10.3. The van der Waals surface area contributed by atoms with Crippen LogP contribution in [0.25, 0.3) is 12.4 Å². The number of hydrogen-bond acceptors (Lipinski definition) is 1. The molecule has 0 aromatic heterocycles. The summed E-state index contributed by atoms with van der Waals surface area (Å²) in [5.74, 6) is 0. The van der Waals surface area contributed by atoms with Crippen molar-refractivity contribution >= 4 is 12.4 Å². The Labute approximate surface area is 58.3 Å². The quantitative estimate of drug-likeness (QED) is 0.424. The monoisotopic (exact) mass is 132 g/mol. The average molecular weight is 132 g/mol. The molecule has 1 aromatic rings. The molecule has 1 N–H and O–H groups in total. The number of rotatable bonds is 0. The Bertz CT molecular complexity index is 321. The maximum absolute atomic E-state index is 10.7. The van der Waals surface area contributed by atoms with E-state index in [1.54, 1.807) is 6.20 Å². The van der Waals surface area contributed by atoms with Gasteiger partial charge in [-0.3, -0.25) is 0 Å². The molecule has 10 heavy (non-hydrogen) atoms. The minimum atomic E-state index is -0.0267. The van der Waals surface area contributed by atoms with Gasteiger partial charge < -0.3 is 10.3 Å². The van der Waals surface area contributed by atoms with Gasteiger partial charge in [0.1, 0.15) is 6.20 Å². The van der Waals surface area contributed by atoms with Gasteiger partial charge in [-0.25, -0.2) is 0 Å². The number of hydrogen-bond donors (Lipinski definition) is 1. The molecule has 1 aromatic carbocycles. The topological polar surface area (TPSA) is 27.5 Å². The maximum atomic E-state index is 10.7. The molecule has 0 fully saturated rings. The molecule has 1 aliphatic rings. The molecule has 0 saturated heterocycles. The van der Waals surface area contributed by atoms with E-state index in [-0.39, 0.29) is 5.06 Å². The van der Waals surface area contributed by atoms with Gasteiger partial charge in [-0.05, 0) is 12.1 Å². The van der Waals surface area contributed by atoms with E-state index in [1.165, 1.54) is 0 Å². The third-order valence-corrected chi connectivity index (χ3v) is 1.51. The van der Waals surface area contributed by atoms with Gasteiger partial charge in [0.15, 0.2) is 0 Å². The van der Waals surface area contributed by atoms with Crippen molar-refractivity contribution in [3.8, 4) is 0 Å². The summed E-state index contributed by atoms with van der Waals surface area (Å²) in [7, 11) is 0. The second-order valence-corrected chi connectivity index (χ2v) is 2.22. The van der Waals surface area contributed by atoms with Crippen LogP contribution in [0.1, 0.15) is 0 Å². The fourth-order valence-electron chi connectivity index (χ4n) is 1.05. The molecule has 2 nitrogen and oxygen atoms in total. The van der Waals surface area contributed by atoms with E-state index in [0.717, 1.165) is 10.4 Å². The lowest BCUT2D eigenvalue weighted by Gasteiger charge is -2.03. The van der Waals surface area contributed by atoms with Crippen molar-refractivity contribution in [3.05, 3.63) is 39.9 Å². The summed E-state index contributed by atoms with van der Waals surface area (Å²) in [6.45, 7) is 0. The summed E-state index contributed by atoms with van der Waals surface area (Å²) in [5, 5.41) is 12.6. The molecular formula is C8H6NO. The van der Waals surface area contributed by atoms with Gasteiger partial charge in [0.25, 0.3) is 0 Å². The molecule has 0 aliphatic carbocycles. The highest BCUT2D eigenvalue weighted by molar-refractivity contribution is 5.31. The van der Waals surface area contributed by atoms with Crippen molar-refractivity contribution in [2.75, 3.05) is 0 Å². The molecule has 49 valence electrons. The van der Waals surface area contributed by atoms with Crippen molar-refractivity contribution in [1.29, 1.82) is 0 Å². The maximum Gasteiger partial charge on any atom is 0.206 e. The summed E-state index contributed by atoms with van der Waals surface area (Å²) in [5.41, 5.74) is 0. The van der Waals surface area contributed by atoms with Crippen LogP contribution in [0.2, 0.25) is 0 Å². The Kier molecular flexibility index (Phi) is 1.09. The summed E-state index contributed by atoms with van der Waals surface area (Å²) < 4.78 is 0. The first kappa shape index (κ1) is 5.65. The second kappa shape index (κ2) is 1.94. The van der Waals surface area contributed by atoms with E-state index in [9.17, 15) is 5.21 Å². The van der Waals surface area contributed by atoms with E-state index in [0.29, 0.717) is 0 Å². The lowest BCUT2D eigenvalue weighted by molar-refractivity contribution is -0.660. The van der Waals surface area contributed by atoms with E-state index < -0.39 is 0 Å². The SMILES string of the molecule is [O-][NH+]1[C]=c2ccccc2=C1. The van der Waals surface area contributed by atoms with Crippen molar-refractivity contribution in [1.82, 2.24) is 0 Å². The Morgan fingerprint density at radius 3 is 2.90 bits per heavy atom. The normalized spacial score (nSPS) is 15.7. The van der Waals surface area contributed by atoms with Crippen LogP contribution in [0.15, 0.2) is 24.3 Å². The lowest BCUT2D eigenvalue weighted by Crippen LogP contribution is -2.95. The molecule has 0 saturated carbocycles. The average Bonchev–Trinajstić information content (AvgIpc) is 2.27. The predicted molar refractivity (Wildman–Crippen MR) is 37.9 cm³/mol. The molecule has 0 spiro atoms. The van der Waals surface area contributed by atoms with Crippen LogP contribution < -0.4 is 15.5 Å². The van der Waals surface area contributed by atoms with Crippen LogP contribution in [0.4, 0.5) is 0 Å². The molecule has 1 aliphatic heterocycles. The molecule has 0 amide bonds. The van der Waals surface area contributed by atoms with Crippen LogP contribution in [-0.4, -0.2) is 0 Å². The predicted octanol–water partition coefficient (Wildman–Crippen LogP) is -1.56. The fraction of sp³-hybridized carbons (Fsp3) is 0. The van der Waals surface area contributed by atoms with Crippen molar-refractivity contribution in [2.24, 2.45) is 0 Å². The molecule has 1 unspecified atom stereocenters. The van der Waals surface area contributed by atoms with Crippen molar-refractivity contribution in [2.45, 2.75) is 0 Å². The highest BCUT2D eigenvalue weighted by atomic mass is 16.5. The first-order valence-corrected chi connectivity index (χ1v) is 3.11. The van der Waals surface area contributed by atoms with Crippen LogP contribution in [0.5, 0.6) is 0 Å². The van der Waals surface area contributed by atoms with Crippen LogP contribution in [0.3, 0.4) is 0 Å². The third kappa shape index (κ3) is 0.744. The number of quaternary nitrogens is 1. The van der Waals surface area contributed by atoms with Gasteiger partial charge in [0.2, 0.25) is 6.20 Å². The highest BCUT2D eigenvalue weighted by Gasteiger charge is 1.98. The van der Waals surface area contributed by atoms with Gasteiger partial charge in [-0.15, -0.1) is 0 Å². The Hall–Kier alpha value is -1.12. The van der Waals surface area contributed by atoms with Gasteiger partial charge in [-0.1, -0.05) is 12.1 Å². The largest absolute Gasteiger partial charge is 0.624 e. The van der Waals surface area contributed by atoms with Gasteiger partial charge in [0, 0.05) is 5.22 Å². The van der Waals surface area contributed by atoms with Gasteiger partial charge in [0.05, 0.1) is 5.22 Å². The summed E-state index contributed by atoms with van der Waals surface area (Å²) in [4.78, 5) is 0. The highest BCUT2D eigenvalue weighted by Crippen LogP contribution is 1.71. The molecule has 2 rings (SSSR count). The number of fused-ring (bicyclic) bond motifs is 1. The van der Waals surface area contributed by atoms with E-state index in [1.807, 2.05) is 24.3 Å². The third-order valence-electron chi connectivity index (χ3n) is 1.51. The van der Waals surface area contributed by atoms with Crippen molar-refractivity contribution in [3.63, 3.8) is 0 Å². The van der Waals surface area contributed by atoms with Crippen LogP contribution in [0, 0.1) is 5.21 Å². The second-order valence-electron chi connectivity index (χ2n) is 2.22. The molecule has 1 heterocycles. The van der Waals surface area contributed by atoms with Gasteiger partial charge in [-0.2, -0.15) is 0 Å². The molecule has 0 bridgehead atoms. The summed E-state index contributed by atoms with van der Waals surface area (Å²) >= 11 is 0. The zero-order chi connectivity index (χ0) is 6.97. The van der Waals surface area contributed by atoms with Crippen molar-refractivity contribution < 1.29 is 5.06 Å². The number of hydroxylamine groups is 2. The minimum absolute atomic E-state index is 0.0267. The molecule has 1 atom stereocenters. The fourth-order valence-corrected chi connectivity index (χ4v) is 1.05. The molecule has 2 heteroatoms. The number of benzene rings is 1. The molecule has 1 radical (unpaired) electrons. The first-order chi connectivity index (χ1) is 4.86. The Balaban J connectivity index is 2.83. The Morgan fingerprint density at radius 2 is 2.10 bits per heavy atom. The number of nitrogens with one attached hydrogen (secondary N) is 1. The minimum Gasteiger partial charge on any atom is -0.624 e. The summed E-state index contributed by atoms with van der Waals surface area (Å²) in [6.07, 6.45) is 4.30. The van der Waals surface area contributed by atoms with Gasteiger partial charge >= 0.3 is 0 Å². The standard InChI is InChI=1S/C8H6NO/c10-9-5-7-3-1-2-4-8(7)6-9/h1-5,9H. The van der Waals surface area contributed by atoms with E-state index in [4.69, 9.17) is 0 Å². The van der Waals surface area contributed by atoms with Crippen LogP contribution >= 0.6 is 0 Å². The first-order valence-electron chi connectivity index (χ1n) is 3.11. The Morgan fingerprint density at radius 1 is 1.30 bits per heavy atom. The van der Waals surface area contributed by atoms with Crippen LogP contribution in [-0.2, 0) is 0 Å². The van der Waals surface area contributed by atoms with E-state index >= 15 is 0 Å². The zero-order valence-corrected chi connectivity index (χ0v) is 5.29.